The molecule has 86 valence electrons. The van der Waals surface area contributed by atoms with Crippen LogP contribution in [0.4, 0.5) is 4.39 Å². The van der Waals surface area contributed by atoms with Crippen molar-refractivity contribution < 1.29 is 9.18 Å². The van der Waals surface area contributed by atoms with Crippen LogP contribution in [0.15, 0.2) is 22.7 Å². The summed E-state index contributed by atoms with van der Waals surface area (Å²) in [5.41, 5.74) is 0.869. The van der Waals surface area contributed by atoms with Gasteiger partial charge in [-0.25, -0.2) is 4.39 Å². The lowest BCUT2D eigenvalue weighted by atomic mass is 9.91. The van der Waals surface area contributed by atoms with Crippen LogP contribution in [0.5, 0.6) is 0 Å². The third-order valence-electron chi connectivity index (χ3n) is 2.80. The summed E-state index contributed by atoms with van der Waals surface area (Å²) < 4.78 is 13.9. The second-order valence-electron chi connectivity index (χ2n) is 4.11. The number of hydrogen-bond donors (Lipinski definition) is 1. The molecule has 1 aliphatic rings. The standard InChI is InChI=1S/C12H13BrFNO/c13-10-5-8(6-11(14)7-10)4-9-2-1-3-15-12(9)16/h5-7,9H,1-4H2,(H,15,16). The molecule has 4 heteroatoms. The van der Waals surface area contributed by atoms with E-state index in [1.165, 1.54) is 12.1 Å². The van der Waals surface area contributed by atoms with E-state index in [2.05, 4.69) is 21.2 Å². The number of carbonyl (C=O) groups is 1. The Morgan fingerprint density at radius 2 is 2.25 bits per heavy atom. The van der Waals surface area contributed by atoms with Gasteiger partial charge >= 0.3 is 0 Å². The van der Waals surface area contributed by atoms with E-state index >= 15 is 0 Å². The van der Waals surface area contributed by atoms with Crippen LogP contribution >= 0.6 is 15.9 Å². The number of halogens is 2. The highest BCUT2D eigenvalue weighted by molar-refractivity contribution is 9.10. The molecule has 1 aromatic rings. The molecule has 0 bridgehead atoms. The molecule has 2 nitrogen and oxygen atoms in total. The third-order valence-corrected chi connectivity index (χ3v) is 3.26. The Morgan fingerprint density at radius 3 is 2.94 bits per heavy atom. The fourth-order valence-corrected chi connectivity index (χ4v) is 2.56. The largest absolute Gasteiger partial charge is 0.356 e. The molecule has 0 aromatic heterocycles. The average molecular weight is 286 g/mol. The predicted molar refractivity (Wildman–Crippen MR) is 63.5 cm³/mol. The highest BCUT2D eigenvalue weighted by Crippen LogP contribution is 2.21. The minimum Gasteiger partial charge on any atom is -0.356 e. The average Bonchev–Trinajstić information content (AvgIpc) is 2.20. The van der Waals surface area contributed by atoms with Crippen LogP contribution < -0.4 is 5.32 Å². The van der Waals surface area contributed by atoms with Gasteiger partial charge in [-0.15, -0.1) is 0 Å². The molecule has 2 rings (SSSR count). The van der Waals surface area contributed by atoms with Gasteiger partial charge in [-0.2, -0.15) is 0 Å². The SMILES string of the molecule is O=C1NCCCC1Cc1cc(F)cc(Br)c1. The maximum absolute atomic E-state index is 13.1. The van der Waals surface area contributed by atoms with Gasteiger partial charge in [0.15, 0.2) is 0 Å². The second-order valence-corrected chi connectivity index (χ2v) is 5.03. The second kappa shape index (κ2) is 4.95. The van der Waals surface area contributed by atoms with Crippen molar-refractivity contribution in [2.24, 2.45) is 5.92 Å². The lowest BCUT2D eigenvalue weighted by Crippen LogP contribution is -2.37. The molecule has 1 aliphatic heterocycles. The summed E-state index contributed by atoms with van der Waals surface area (Å²) in [6.45, 7) is 0.766. The molecule has 1 fully saturated rings. The lowest BCUT2D eigenvalue weighted by Gasteiger charge is -2.21. The quantitative estimate of drug-likeness (QED) is 0.889. The highest BCUT2D eigenvalue weighted by atomic mass is 79.9. The number of carbonyl (C=O) groups excluding carboxylic acids is 1. The van der Waals surface area contributed by atoms with Gasteiger partial charge in [0.05, 0.1) is 0 Å². The Balaban J connectivity index is 2.10. The molecule has 0 radical (unpaired) electrons. The zero-order valence-corrected chi connectivity index (χ0v) is 10.4. The van der Waals surface area contributed by atoms with Crippen molar-refractivity contribution in [3.05, 3.63) is 34.1 Å². The first-order chi connectivity index (χ1) is 7.65. The minimum atomic E-state index is -0.263. The van der Waals surface area contributed by atoms with E-state index in [-0.39, 0.29) is 17.6 Å². The normalized spacial score (nSPS) is 20.6. The van der Waals surface area contributed by atoms with E-state index in [1.54, 1.807) is 0 Å². The van der Waals surface area contributed by atoms with Crippen LogP contribution in [-0.2, 0) is 11.2 Å². The van der Waals surface area contributed by atoms with Gasteiger partial charge in [0.2, 0.25) is 5.91 Å². The summed E-state index contributed by atoms with van der Waals surface area (Å²) in [5.74, 6) is -0.185. The molecule has 1 unspecified atom stereocenters. The van der Waals surface area contributed by atoms with E-state index < -0.39 is 0 Å². The third kappa shape index (κ3) is 2.82. The summed E-state index contributed by atoms with van der Waals surface area (Å²) in [5, 5.41) is 2.84. The highest BCUT2D eigenvalue weighted by Gasteiger charge is 2.22. The van der Waals surface area contributed by atoms with Gasteiger partial charge in [0.25, 0.3) is 0 Å². The minimum absolute atomic E-state index is 0.0116. The zero-order chi connectivity index (χ0) is 11.5. The van der Waals surface area contributed by atoms with E-state index in [0.29, 0.717) is 6.42 Å². The van der Waals surface area contributed by atoms with Gasteiger partial charge in [-0.3, -0.25) is 4.79 Å². The van der Waals surface area contributed by atoms with Gasteiger partial charge in [0.1, 0.15) is 5.82 Å². The first-order valence-corrected chi connectivity index (χ1v) is 6.17. The Hall–Kier alpha value is -0.900. The molecular formula is C12H13BrFNO. The van der Waals surface area contributed by atoms with Gasteiger partial charge < -0.3 is 5.32 Å². The van der Waals surface area contributed by atoms with Crippen molar-refractivity contribution in [1.29, 1.82) is 0 Å². The predicted octanol–water partition coefficient (Wildman–Crippen LogP) is 2.66. The Bertz CT molecular complexity index is 388. The van der Waals surface area contributed by atoms with Gasteiger partial charge in [-0.1, -0.05) is 15.9 Å². The van der Waals surface area contributed by atoms with Crippen LogP contribution in [0, 0.1) is 11.7 Å². The van der Waals surface area contributed by atoms with Crippen molar-refractivity contribution in [1.82, 2.24) is 5.32 Å². The number of amides is 1. The molecule has 1 aromatic carbocycles. The number of hydrogen-bond acceptors (Lipinski definition) is 1. The topological polar surface area (TPSA) is 29.1 Å². The molecule has 0 spiro atoms. The van der Waals surface area contributed by atoms with Gasteiger partial charge in [-0.05, 0) is 43.0 Å². The van der Waals surface area contributed by atoms with Crippen molar-refractivity contribution in [3.63, 3.8) is 0 Å². The summed E-state index contributed by atoms with van der Waals surface area (Å²) in [6.07, 6.45) is 2.51. The number of benzene rings is 1. The summed E-state index contributed by atoms with van der Waals surface area (Å²) in [6, 6.07) is 4.78. The Morgan fingerprint density at radius 1 is 1.44 bits per heavy atom. The summed E-state index contributed by atoms with van der Waals surface area (Å²) >= 11 is 3.25. The lowest BCUT2D eigenvalue weighted by molar-refractivity contribution is -0.126. The number of rotatable bonds is 2. The molecule has 1 N–H and O–H groups in total. The maximum Gasteiger partial charge on any atom is 0.223 e. The molecule has 1 atom stereocenters. The van der Waals surface area contributed by atoms with Crippen LogP contribution in [0.3, 0.4) is 0 Å². The van der Waals surface area contributed by atoms with E-state index in [9.17, 15) is 9.18 Å². The Labute approximate surface area is 102 Å². The smallest absolute Gasteiger partial charge is 0.223 e. The number of piperidine rings is 1. The number of nitrogens with one attached hydrogen (secondary N) is 1. The van der Waals surface area contributed by atoms with E-state index in [1.807, 2.05) is 6.07 Å². The van der Waals surface area contributed by atoms with Crippen molar-refractivity contribution in [2.75, 3.05) is 6.54 Å². The molecule has 16 heavy (non-hydrogen) atoms. The van der Waals surface area contributed by atoms with E-state index in [0.717, 1.165) is 29.4 Å². The van der Waals surface area contributed by atoms with Crippen LogP contribution in [0.1, 0.15) is 18.4 Å². The molecule has 1 amide bonds. The van der Waals surface area contributed by atoms with E-state index in [4.69, 9.17) is 0 Å². The summed E-state index contributed by atoms with van der Waals surface area (Å²) in [4.78, 5) is 11.6. The zero-order valence-electron chi connectivity index (χ0n) is 8.80. The van der Waals surface area contributed by atoms with Crippen molar-refractivity contribution in [2.45, 2.75) is 19.3 Å². The molecule has 1 heterocycles. The monoisotopic (exact) mass is 285 g/mol. The van der Waals surface area contributed by atoms with Crippen LogP contribution in [0.25, 0.3) is 0 Å². The summed E-state index contributed by atoms with van der Waals surface area (Å²) in [7, 11) is 0. The van der Waals surface area contributed by atoms with Crippen molar-refractivity contribution >= 4 is 21.8 Å². The maximum atomic E-state index is 13.1. The first-order valence-electron chi connectivity index (χ1n) is 5.38. The first kappa shape index (κ1) is 11.6. The molecule has 0 saturated carbocycles. The fourth-order valence-electron chi connectivity index (χ4n) is 2.04. The van der Waals surface area contributed by atoms with Crippen molar-refractivity contribution in [3.8, 4) is 0 Å². The molecular weight excluding hydrogens is 273 g/mol. The van der Waals surface area contributed by atoms with Crippen LogP contribution in [-0.4, -0.2) is 12.5 Å². The van der Waals surface area contributed by atoms with Gasteiger partial charge in [0, 0.05) is 16.9 Å². The molecule has 0 aliphatic carbocycles. The molecule has 1 saturated heterocycles. The Kier molecular flexibility index (Phi) is 3.59. The van der Waals surface area contributed by atoms with Crippen LogP contribution in [0.2, 0.25) is 0 Å². The fraction of sp³-hybridized carbons (Fsp3) is 0.417.